The van der Waals surface area contributed by atoms with E-state index in [1.165, 1.54) is 12.1 Å². The molecule has 0 aromatic heterocycles. The van der Waals surface area contributed by atoms with Gasteiger partial charge in [0.1, 0.15) is 12.4 Å². The molecule has 1 heterocycles. The van der Waals surface area contributed by atoms with E-state index in [2.05, 4.69) is 5.32 Å². The van der Waals surface area contributed by atoms with Crippen LogP contribution in [0.15, 0.2) is 42.5 Å². The molecule has 1 aliphatic rings. The zero-order chi connectivity index (χ0) is 15.0. The van der Waals surface area contributed by atoms with Crippen LogP contribution in [0.2, 0.25) is 0 Å². The van der Waals surface area contributed by atoms with Gasteiger partial charge in [-0.1, -0.05) is 18.2 Å². The minimum atomic E-state index is -0.565. The van der Waals surface area contributed by atoms with Crippen molar-refractivity contribution in [2.75, 3.05) is 11.9 Å². The molecule has 0 unspecified atom stereocenters. The van der Waals surface area contributed by atoms with Crippen LogP contribution in [0.1, 0.15) is 19.4 Å². The van der Waals surface area contributed by atoms with Crippen molar-refractivity contribution in [2.24, 2.45) is 0 Å². The Bertz CT molecular complexity index is 692. The first-order valence-electron chi connectivity index (χ1n) is 6.80. The van der Waals surface area contributed by atoms with Crippen LogP contribution in [0.25, 0.3) is 11.1 Å². The third kappa shape index (κ3) is 2.67. The molecule has 4 heteroatoms. The van der Waals surface area contributed by atoms with Gasteiger partial charge in [0.2, 0.25) is 5.91 Å². The quantitative estimate of drug-likeness (QED) is 0.867. The van der Waals surface area contributed by atoms with Crippen molar-refractivity contribution < 1.29 is 13.9 Å². The zero-order valence-corrected chi connectivity index (χ0v) is 11.9. The van der Waals surface area contributed by atoms with E-state index in [4.69, 9.17) is 4.74 Å². The van der Waals surface area contributed by atoms with Crippen LogP contribution in [-0.4, -0.2) is 12.5 Å². The molecule has 2 aromatic carbocycles. The molecule has 0 saturated heterocycles. The molecule has 0 aliphatic carbocycles. The Morgan fingerprint density at radius 1 is 1.10 bits per heavy atom. The highest BCUT2D eigenvalue weighted by Gasteiger charge is 2.29. The summed E-state index contributed by atoms with van der Waals surface area (Å²) in [7, 11) is 0. The first-order valence-corrected chi connectivity index (χ1v) is 6.80. The number of fused-ring (bicyclic) bond motifs is 1. The molecule has 3 rings (SSSR count). The van der Waals surface area contributed by atoms with Crippen LogP contribution >= 0.6 is 0 Å². The second-order valence-electron chi connectivity index (χ2n) is 5.61. The Balaban J connectivity index is 2.09. The molecule has 0 spiro atoms. The summed E-state index contributed by atoms with van der Waals surface area (Å²) in [6.07, 6.45) is 0. The maximum Gasteiger partial charge on any atom is 0.250 e. The summed E-state index contributed by atoms with van der Waals surface area (Å²) >= 11 is 0. The number of rotatable bonds is 1. The molecular weight excluding hydrogens is 269 g/mol. The number of hydrogen-bond donors (Lipinski definition) is 1. The number of nitrogens with one attached hydrogen (secondary N) is 1. The summed E-state index contributed by atoms with van der Waals surface area (Å²) in [6.45, 7) is 3.90. The summed E-state index contributed by atoms with van der Waals surface area (Å²) in [4.78, 5) is 11.6. The third-order valence-electron chi connectivity index (χ3n) is 3.68. The molecule has 0 atom stereocenters. The molecule has 0 radical (unpaired) electrons. The van der Waals surface area contributed by atoms with E-state index in [9.17, 15) is 9.18 Å². The lowest BCUT2D eigenvalue weighted by atomic mass is 9.92. The molecule has 0 bridgehead atoms. The second-order valence-corrected chi connectivity index (χ2v) is 5.61. The highest BCUT2D eigenvalue weighted by atomic mass is 19.1. The van der Waals surface area contributed by atoms with Crippen LogP contribution in [0, 0.1) is 5.82 Å². The molecule has 0 fully saturated rings. The molecule has 2 aromatic rings. The summed E-state index contributed by atoms with van der Waals surface area (Å²) in [5, 5.41) is 2.84. The summed E-state index contributed by atoms with van der Waals surface area (Å²) in [5.41, 5.74) is 2.99. The largest absolute Gasteiger partial charge is 0.361 e. The van der Waals surface area contributed by atoms with Crippen LogP contribution < -0.4 is 5.32 Å². The average molecular weight is 285 g/mol. The second kappa shape index (κ2) is 4.97. The fraction of sp³-hybridized carbons (Fsp3) is 0.235. The lowest BCUT2D eigenvalue weighted by Crippen LogP contribution is -2.22. The number of benzene rings is 2. The SMILES string of the molecule is CC1(C)OCC(=O)Nc2ccc(-c3ccc(F)cc3)cc21. The first kappa shape index (κ1) is 13.8. The van der Waals surface area contributed by atoms with Crippen LogP contribution in [-0.2, 0) is 15.1 Å². The number of carbonyl (C=O) groups is 1. The highest BCUT2D eigenvalue weighted by molar-refractivity contribution is 5.93. The summed E-state index contributed by atoms with van der Waals surface area (Å²) in [5.74, 6) is -0.416. The van der Waals surface area contributed by atoms with Gasteiger partial charge in [-0.2, -0.15) is 0 Å². The smallest absolute Gasteiger partial charge is 0.250 e. The minimum absolute atomic E-state index is 0.0353. The minimum Gasteiger partial charge on any atom is -0.361 e. The van der Waals surface area contributed by atoms with Crippen molar-refractivity contribution in [1.82, 2.24) is 0 Å². The topological polar surface area (TPSA) is 38.3 Å². The fourth-order valence-corrected chi connectivity index (χ4v) is 2.48. The van der Waals surface area contributed by atoms with E-state index >= 15 is 0 Å². The van der Waals surface area contributed by atoms with Crippen LogP contribution in [0.3, 0.4) is 0 Å². The van der Waals surface area contributed by atoms with Gasteiger partial charge in [-0.25, -0.2) is 4.39 Å². The number of halogens is 1. The van der Waals surface area contributed by atoms with Gasteiger partial charge >= 0.3 is 0 Å². The molecule has 108 valence electrons. The normalized spacial score (nSPS) is 16.8. The molecule has 1 aliphatic heterocycles. The van der Waals surface area contributed by atoms with Gasteiger partial charge in [0.15, 0.2) is 0 Å². The fourth-order valence-electron chi connectivity index (χ4n) is 2.48. The van der Waals surface area contributed by atoms with Gasteiger partial charge in [-0.15, -0.1) is 0 Å². The highest BCUT2D eigenvalue weighted by Crippen LogP contribution is 2.36. The van der Waals surface area contributed by atoms with E-state index in [0.717, 1.165) is 22.4 Å². The van der Waals surface area contributed by atoms with Crippen molar-refractivity contribution in [3.8, 4) is 11.1 Å². The number of amides is 1. The molecule has 3 nitrogen and oxygen atoms in total. The van der Waals surface area contributed by atoms with E-state index in [0.29, 0.717) is 0 Å². The van der Waals surface area contributed by atoms with Crippen molar-refractivity contribution in [3.05, 3.63) is 53.8 Å². The lowest BCUT2D eigenvalue weighted by molar-refractivity contribution is -0.125. The Kier molecular flexibility index (Phi) is 3.26. The van der Waals surface area contributed by atoms with Gasteiger partial charge in [0.25, 0.3) is 0 Å². The van der Waals surface area contributed by atoms with Gasteiger partial charge in [0, 0.05) is 11.3 Å². The van der Waals surface area contributed by atoms with E-state index in [-0.39, 0.29) is 18.3 Å². The van der Waals surface area contributed by atoms with E-state index < -0.39 is 5.60 Å². The lowest BCUT2D eigenvalue weighted by Gasteiger charge is -2.25. The van der Waals surface area contributed by atoms with E-state index in [1.807, 2.05) is 32.0 Å². The Morgan fingerprint density at radius 3 is 2.48 bits per heavy atom. The maximum atomic E-state index is 13.0. The predicted octanol–water partition coefficient (Wildman–Crippen LogP) is 3.70. The maximum absolute atomic E-state index is 13.0. The summed E-state index contributed by atoms with van der Waals surface area (Å²) in [6, 6.07) is 12.1. The summed E-state index contributed by atoms with van der Waals surface area (Å²) < 4.78 is 18.7. The average Bonchev–Trinajstić information content (AvgIpc) is 2.57. The Hall–Kier alpha value is -2.20. The number of ether oxygens (including phenoxy) is 1. The molecular formula is C17H16FNO2. The number of anilines is 1. The monoisotopic (exact) mass is 285 g/mol. The standard InChI is InChI=1S/C17H16FNO2/c1-17(2)14-9-12(11-3-6-13(18)7-4-11)5-8-15(14)19-16(20)10-21-17/h3-9H,10H2,1-2H3,(H,19,20). The van der Waals surface area contributed by atoms with Gasteiger partial charge < -0.3 is 10.1 Å². The first-order chi connectivity index (χ1) is 9.95. The Morgan fingerprint density at radius 2 is 1.76 bits per heavy atom. The number of carbonyl (C=O) groups excluding carboxylic acids is 1. The predicted molar refractivity (Wildman–Crippen MR) is 79.4 cm³/mol. The number of hydrogen-bond acceptors (Lipinski definition) is 2. The van der Waals surface area contributed by atoms with Gasteiger partial charge in [0.05, 0.1) is 5.60 Å². The van der Waals surface area contributed by atoms with Gasteiger partial charge in [-0.3, -0.25) is 4.79 Å². The Labute approximate surface area is 122 Å². The van der Waals surface area contributed by atoms with Crippen LogP contribution in [0.5, 0.6) is 0 Å². The zero-order valence-electron chi connectivity index (χ0n) is 11.9. The molecule has 1 N–H and O–H groups in total. The molecule has 21 heavy (non-hydrogen) atoms. The van der Waals surface area contributed by atoms with Crippen LogP contribution in [0.4, 0.5) is 10.1 Å². The molecule has 1 amide bonds. The molecule has 0 saturated carbocycles. The van der Waals surface area contributed by atoms with Crippen molar-refractivity contribution in [3.63, 3.8) is 0 Å². The van der Waals surface area contributed by atoms with Crippen molar-refractivity contribution in [2.45, 2.75) is 19.4 Å². The van der Waals surface area contributed by atoms with Crippen molar-refractivity contribution >= 4 is 11.6 Å². The van der Waals surface area contributed by atoms with Gasteiger partial charge in [-0.05, 0) is 49.2 Å². The van der Waals surface area contributed by atoms with E-state index in [1.54, 1.807) is 12.1 Å². The van der Waals surface area contributed by atoms with Crippen molar-refractivity contribution in [1.29, 1.82) is 0 Å². The third-order valence-corrected chi connectivity index (χ3v) is 3.68.